The number of esters is 2. The molecule has 0 aliphatic heterocycles. The van der Waals surface area contributed by atoms with Gasteiger partial charge in [0.25, 0.3) is 0 Å². The van der Waals surface area contributed by atoms with Gasteiger partial charge in [0.05, 0.1) is 0 Å². The molecule has 0 aromatic carbocycles. The van der Waals surface area contributed by atoms with Gasteiger partial charge in [0, 0.05) is 31.7 Å². The van der Waals surface area contributed by atoms with E-state index >= 15 is 0 Å². The van der Waals surface area contributed by atoms with Crippen molar-refractivity contribution < 1.29 is 29.0 Å². The van der Waals surface area contributed by atoms with Crippen molar-refractivity contribution in [3.8, 4) is 5.75 Å². The molecule has 1 rings (SSSR count). The zero-order valence-electron chi connectivity index (χ0n) is 11.0. The Morgan fingerprint density at radius 3 is 2.55 bits per heavy atom. The van der Waals surface area contributed by atoms with Gasteiger partial charge in [-0.15, -0.1) is 0 Å². The van der Waals surface area contributed by atoms with Crippen LogP contribution < -0.4 is 4.74 Å². The first-order chi connectivity index (χ1) is 9.38. The number of pyridine rings is 1. The number of carbonyl (C=O) groups is 3. The number of aliphatic carboxylic acids is 1. The van der Waals surface area contributed by atoms with E-state index < -0.39 is 17.9 Å². The number of hydrogen-bond donors (Lipinski definition) is 1. The molecule has 106 valence electrons. The lowest BCUT2D eigenvalue weighted by Gasteiger charge is -2.08. The Labute approximate surface area is 114 Å². The highest BCUT2D eigenvalue weighted by Crippen LogP contribution is 2.20. The SMILES string of the molecule is CC(=O)OCc1cnc(C=CC(=O)O)c(OC(C)=O)c1. The van der Waals surface area contributed by atoms with E-state index in [1.807, 2.05) is 0 Å². The van der Waals surface area contributed by atoms with Gasteiger partial charge in [0.15, 0.2) is 5.75 Å². The molecule has 20 heavy (non-hydrogen) atoms. The summed E-state index contributed by atoms with van der Waals surface area (Å²) in [5.74, 6) is -2.07. The van der Waals surface area contributed by atoms with Crippen LogP contribution in [-0.4, -0.2) is 28.0 Å². The molecule has 0 amide bonds. The van der Waals surface area contributed by atoms with E-state index in [-0.39, 0.29) is 18.1 Å². The Morgan fingerprint density at radius 1 is 1.30 bits per heavy atom. The zero-order valence-corrected chi connectivity index (χ0v) is 11.0. The minimum absolute atomic E-state index is 0.0144. The number of carboxylic acids is 1. The average Bonchev–Trinajstić information content (AvgIpc) is 2.34. The lowest BCUT2D eigenvalue weighted by Crippen LogP contribution is -2.06. The third-order valence-electron chi connectivity index (χ3n) is 2.02. The Morgan fingerprint density at radius 2 is 2.00 bits per heavy atom. The summed E-state index contributed by atoms with van der Waals surface area (Å²) < 4.78 is 9.73. The van der Waals surface area contributed by atoms with Gasteiger partial charge in [-0.25, -0.2) is 4.79 Å². The Bertz CT molecular complexity index is 564. The minimum Gasteiger partial charge on any atom is -0.478 e. The molecule has 0 fully saturated rings. The maximum absolute atomic E-state index is 11.0. The van der Waals surface area contributed by atoms with Gasteiger partial charge in [-0.2, -0.15) is 0 Å². The van der Waals surface area contributed by atoms with Crippen LogP contribution in [-0.2, 0) is 25.7 Å². The van der Waals surface area contributed by atoms with E-state index in [1.165, 1.54) is 32.2 Å². The van der Waals surface area contributed by atoms with E-state index in [0.717, 1.165) is 6.08 Å². The van der Waals surface area contributed by atoms with Gasteiger partial charge in [0.2, 0.25) is 0 Å². The van der Waals surface area contributed by atoms with Gasteiger partial charge in [0.1, 0.15) is 12.3 Å². The first-order valence-electron chi connectivity index (χ1n) is 5.60. The van der Waals surface area contributed by atoms with Crippen molar-refractivity contribution in [2.45, 2.75) is 20.5 Å². The van der Waals surface area contributed by atoms with Gasteiger partial charge < -0.3 is 14.6 Å². The fraction of sp³-hybridized carbons (Fsp3) is 0.231. The minimum atomic E-state index is -1.15. The number of ether oxygens (including phenoxy) is 2. The van der Waals surface area contributed by atoms with Crippen LogP contribution in [0, 0.1) is 0 Å². The summed E-state index contributed by atoms with van der Waals surface area (Å²) in [5, 5.41) is 8.57. The lowest BCUT2D eigenvalue weighted by atomic mass is 10.2. The summed E-state index contributed by atoms with van der Waals surface area (Å²) in [7, 11) is 0. The molecule has 0 bridgehead atoms. The normalized spacial score (nSPS) is 10.3. The molecule has 1 aromatic heterocycles. The summed E-state index contributed by atoms with van der Waals surface area (Å²) in [6, 6.07) is 1.46. The summed E-state index contributed by atoms with van der Waals surface area (Å²) in [6.45, 7) is 2.47. The first-order valence-corrected chi connectivity index (χ1v) is 5.60. The fourth-order valence-electron chi connectivity index (χ4n) is 1.27. The maximum atomic E-state index is 11.0. The van der Waals surface area contributed by atoms with E-state index in [9.17, 15) is 14.4 Å². The molecule has 0 spiro atoms. The highest BCUT2D eigenvalue weighted by molar-refractivity contribution is 5.85. The Hall–Kier alpha value is -2.70. The molecule has 0 aliphatic carbocycles. The summed E-state index contributed by atoms with van der Waals surface area (Å²) in [6.07, 6.45) is 3.48. The fourth-order valence-corrected chi connectivity index (χ4v) is 1.27. The second kappa shape index (κ2) is 7.03. The third-order valence-corrected chi connectivity index (χ3v) is 2.02. The number of aromatic nitrogens is 1. The standard InChI is InChI=1S/C13H13NO6/c1-8(15)19-7-10-5-12(20-9(2)16)11(14-6-10)3-4-13(17)18/h3-6H,7H2,1-2H3,(H,17,18). The zero-order chi connectivity index (χ0) is 15.1. The molecule has 0 unspecified atom stereocenters. The molecule has 1 N–H and O–H groups in total. The first kappa shape index (κ1) is 15.4. The largest absolute Gasteiger partial charge is 0.478 e. The maximum Gasteiger partial charge on any atom is 0.328 e. The smallest absolute Gasteiger partial charge is 0.328 e. The number of hydrogen-bond acceptors (Lipinski definition) is 6. The van der Waals surface area contributed by atoms with Gasteiger partial charge in [-0.1, -0.05) is 0 Å². The van der Waals surface area contributed by atoms with Crippen LogP contribution in [0.1, 0.15) is 25.1 Å². The molecular formula is C13H13NO6. The molecular weight excluding hydrogens is 266 g/mol. The lowest BCUT2D eigenvalue weighted by molar-refractivity contribution is -0.142. The highest BCUT2D eigenvalue weighted by atomic mass is 16.5. The van der Waals surface area contributed by atoms with Crippen LogP contribution in [0.25, 0.3) is 6.08 Å². The molecule has 7 heteroatoms. The number of carbonyl (C=O) groups excluding carboxylic acids is 2. The summed E-state index contributed by atoms with van der Waals surface area (Å²) in [4.78, 5) is 36.2. The molecule has 1 aromatic rings. The topological polar surface area (TPSA) is 103 Å². The van der Waals surface area contributed by atoms with Crippen LogP contribution in [0.4, 0.5) is 0 Å². The monoisotopic (exact) mass is 279 g/mol. The average molecular weight is 279 g/mol. The molecule has 0 atom stereocenters. The van der Waals surface area contributed by atoms with E-state index in [1.54, 1.807) is 0 Å². The molecule has 0 saturated carbocycles. The predicted molar refractivity (Wildman–Crippen MR) is 67.7 cm³/mol. The number of rotatable bonds is 5. The van der Waals surface area contributed by atoms with Crippen LogP contribution in [0.2, 0.25) is 0 Å². The van der Waals surface area contributed by atoms with Gasteiger partial charge >= 0.3 is 17.9 Å². The second-order valence-electron chi connectivity index (χ2n) is 3.77. The van der Waals surface area contributed by atoms with E-state index in [2.05, 4.69) is 4.98 Å². The number of carboxylic acid groups (broad SMARTS) is 1. The Balaban J connectivity index is 3.02. The van der Waals surface area contributed by atoms with E-state index in [0.29, 0.717) is 5.56 Å². The molecule has 0 aliphatic rings. The predicted octanol–water partition coefficient (Wildman–Crippen LogP) is 1.17. The van der Waals surface area contributed by atoms with Crippen molar-refractivity contribution in [3.05, 3.63) is 29.6 Å². The highest BCUT2D eigenvalue weighted by Gasteiger charge is 2.08. The second-order valence-corrected chi connectivity index (χ2v) is 3.77. The van der Waals surface area contributed by atoms with Crippen molar-refractivity contribution in [1.82, 2.24) is 4.98 Å². The molecule has 0 saturated heterocycles. The quantitative estimate of drug-likeness (QED) is 0.637. The van der Waals surface area contributed by atoms with Crippen molar-refractivity contribution >= 4 is 24.0 Å². The number of nitrogens with zero attached hydrogens (tertiary/aromatic N) is 1. The molecule has 0 radical (unpaired) electrons. The van der Waals surface area contributed by atoms with Gasteiger partial charge in [-0.05, 0) is 12.1 Å². The van der Waals surface area contributed by atoms with E-state index in [4.69, 9.17) is 14.6 Å². The van der Waals surface area contributed by atoms with Crippen LogP contribution in [0.5, 0.6) is 5.75 Å². The third kappa shape index (κ3) is 5.30. The van der Waals surface area contributed by atoms with Crippen LogP contribution >= 0.6 is 0 Å². The van der Waals surface area contributed by atoms with Crippen molar-refractivity contribution in [1.29, 1.82) is 0 Å². The Kier molecular flexibility index (Phi) is 5.40. The van der Waals surface area contributed by atoms with Crippen molar-refractivity contribution in [2.24, 2.45) is 0 Å². The van der Waals surface area contributed by atoms with Crippen LogP contribution in [0.3, 0.4) is 0 Å². The van der Waals surface area contributed by atoms with Crippen LogP contribution in [0.15, 0.2) is 18.3 Å². The summed E-state index contributed by atoms with van der Waals surface area (Å²) >= 11 is 0. The molecule has 1 heterocycles. The summed E-state index contributed by atoms with van der Waals surface area (Å²) in [5.41, 5.74) is 0.707. The van der Waals surface area contributed by atoms with Crippen molar-refractivity contribution in [3.63, 3.8) is 0 Å². The van der Waals surface area contributed by atoms with Gasteiger partial charge in [-0.3, -0.25) is 14.6 Å². The molecule has 7 nitrogen and oxygen atoms in total. The van der Waals surface area contributed by atoms with Crippen molar-refractivity contribution in [2.75, 3.05) is 0 Å².